The van der Waals surface area contributed by atoms with Gasteiger partial charge in [-0.15, -0.1) is 11.3 Å². The van der Waals surface area contributed by atoms with Gasteiger partial charge in [-0.1, -0.05) is 11.6 Å². The van der Waals surface area contributed by atoms with Crippen LogP contribution in [0.5, 0.6) is 5.75 Å². The minimum atomic E-state index is -2.87. The molecule has 0 saturated carbocycles. The molecule has 1 aromatic heterocycles. The second-order valence-corrected chi connectivity index (χ2v) is 6.32. The number of hydrogen-bond donors (Lipinski definition) is 2. The second kappa shape index (κ2) is 8.11. The van der Waals surface area contributed by atoms with Gasteiger partial charge in [-0.05, 0) is 48.5 Å². The molecule has 2 N–H and O–H groups in total. The molecule has 5 nitrogen and oxygen atoms in total. The normalized spacial score (nSPS) is 10.6. The minimum Gasteiger partial charge on any atom is -0.435 e. The maximum Gasteiger partial charge on any atom is 0.387 e. The molecule has 0 aliphatic rings. The number of ether oxygens (including phenoxy) is 1. The van der Waals surface area contributed by atoms with Crippen LogP contribution in [0.4, 0.5) is 25.3 Å². The largest absolute Gasteiger partial charge is 0.435 e. The Kier molecular flexibility index (Phi) is 5.65. The molecule has 1 heterocycles. The van der Waals surface area contributed by atoms with Crippen molar-refractivity contribution in [2.75, 3.05) is 10.6 Å². The Balaban J connectivity index is 1.62. The predicted octanol–water partition coefficient (Wildman–Crippen LogP) is 5.39. The summed E-state index contributed by atoms with van der Waals surface area (Å²) in [6.45, 7) is -2.87. The van der Waals surface area contributed by atoms with Gasteiger partial charge in [0.25, 0.3) is 5.91 Å². The Bertz CT molecular complexity index is 886. The molecule has 0 bridgehead atoms. The molecule has 26 heavy (non-hydrogen) atoms. The number of amides is 1. The lowest BCUT2D eigenvalue weighted by Gasteiger charge is -2.06. The molecular weight excluding hydrogens is 384 g/mol. The molecule has 0 aliphatic carbocycles. The van der Waals surface area contributed by atoms with E-state index >= 15 is 0 Å². The van der Waals surface area contributed by atoms with Crippen LogP contribution in [0.2, 0.25) is 5.02 Å². The number of nitrogens with one attached hydrogen (secondary N) is 2. The molecule has 0 aliphatic heterocycles. The minimum absolute atomic E-state index is 0.0627. The number of carbonyl (C=O) groups is 1. The fourth-order valence-corrected chi connectivity index (χ4v) is 2.84. The molecule has 0 unspecified atom stereocenters. The Morgan fingerprint density at radius 1 is 1.08 bits per heavy atom. The Morgan fingerprint density at radius 2 is 1.73 bits per heavy atom. The van der Waals surface area contributed by atoms with Gasteiger partial charge in [-0.2, -0.15) is 8.78 Å². The average Bonchev–Trinajstić information content (AvgIpc) is 3.07. The van der Waals surface area contributed by atoms with Gasteiger partial charge >= 0.3 is 6.61 Å². The molecule has 134 valence electrons. The molecule has 0 atom stereocenters. The number of benzene rings is 2. The summed E-state index contributed by atoms with van der Waals surface area (Å²) in [6, 6.07) is 12.7. The number of thiazole rings is 1. The van der Waals surface area contributed by atoms with Crippen molar-refractivity contribution in [3.8, 4) is 5.75 Å². The Hall–Kier alpha value is -2.71. The zero-order valence-electron chi connectivity index (χ0n) is 13.1. The van der Waals surface area contributed by atoms with Gasteiger partial charge in [0, 0.05) is 21.8 Å². The lowest BCUT2D eigenvalue weighted by molar-refractivity contribution is -0.0498. The molecule has 0 fully saturated rings. The highest BCUT2D eigenvalue weighted by Gasteiger charge is 2.11. The first-order valence-corrected chi connectivity index (χ1v) is 8.60. The summed E-state index contributed by atoms with van der Waals surface area (Å²) in [6.07, 6.45) is 0. The Labute approximate surface area is 156 Å². The summed E-state index contributed by atoms with van der Waals surface area (Å²) >= 11 is 7.05. The summed E-state index contributed by atoms with van der Waals surface area (Å²) in [5, 5.41) is 8.40. The van der Waals surface area contributed by atoms with Crippen molar-refractivity contribution < 1.29 is 18.3 Å². The van der Waals surface area contributed by atoms with Crippen molar-refractivity contribution in [1.29, 1.82) is 0 Å². The number of aromatic nitrogens is 1. The number of alkyl halides is 2. The highest BCUT2D eigenvalue weighted by molar-refractivity contribution is 7.14. The topological polar surface area (TPSA) is 63.2 Å². The van der Waals surface area contributed by atoms with Gasteiger partial charge in [0.2, 0.25) is 0 Å². The number of halogens is 3. The molecule has 2 aromatic carbocycles. The van der Waals surface area contributed by atoms with Gasteiger partial charge in [0.05, 0.1) is 0 Å². The fraction of sp³-hybridized carbons (Fsp3) is 0.0588. The van der Waals surface area contributed by atoms with Crippen LogP contribution in [0.1, 0.15) is 10.5 Å². The van der Waals surface area contributed by atoms with E-state index < -0.39 is 6.61 Å². The van der Waals surface area contributed by atoms with Gasteiger partial charge in [-0.25, -0.2) is 4.98 Å². The zero-order chi connectivity index (χ0) is 18.5. The summed E-state index contributed by atoms with van der Waals surface area (Å²) in [4.78, 5) is 16.4. The van der Waals surface area contributed by atoms with Crippen LogP contribution < -0.4 is 15.4 Å². The van der Waals surface area contributed by atoms with Crippen LogP contribution in [0.15, 0.2) is 53.9 Å². The van der Waals surface area contributed by atoms with E-state index in [1.54, 1.807) is 41.8 Å². The molecule has 3 rings (SSSR count). The quantitative estimate of drug-likeness (QED) is 0.587. The van der Waals surface area contributed by atoms with Gasteiger partial charge < -0.3 is 15.4 Å². The maximum absolute atomic E-state index is 12.2. The van der Waals surface area contributed by atoms with Crippen molar-refractivity contribution in [3.63, 3.8) is 0 Å². The summed E-state index contributed by atoms with van der Waals surface area (Å²) in [7, 11) is 0. The first kappa shape index (κ1) is 18.1. The number of anilines is 3. The summed E-state index contributed by atoms with van der Waals surface area (Å²) < 4.78 is 28.5. The molecular formula is C17H12ClF2N3O2S. The van der Waals surface area contributed by atoms with E-state index in [2.05, 4.69) is 20.4 Å². The zero-order valence-corrected chi connectivity index (χ0v) is 14.7. The average molecular weight is 396 g/mol. The van der Waals surface area contributed by atoms with Crippen molar-refractivity contribution in [2.45, 2.75) is 6.61 Å². The standard InChI is InChI=1S/C17H12ClF2N3O2S/c18-10-1-3-11(4-2-10)21-15(24)14-9-26-17(23-14)22-12-5-7-13(8-6-12)25-16(19)20/h1-9,16H,(H,21,24)(H,22,23). The molecule has 0 radical (unpaired) electrons. The van der Waals surface area contributed by atoms with Gasteiger partial charge in [0.15, 0.2) is 5.13 Å². The van der Waals surface area contributed by atoms with Crippen LogP contribution in [-0.4, -0.2) is 17.5 Å². The first-order valence-electron chi connectivity index (χ1n) is 7.34. The third-order valence-corrected chi connectivity index (χ3v) is 4.18. The Morgan fingerprint density at radius 3 is 2.38 bits per heavy atom. The first-order chi connectivity index (χ1) is 12.5. The maximum atomic E-state index is 12.2. The molecule has 3 aromatic rings. The van der Waals surface area contributed by atoms with Crippen LogP contribution in [0.3, 0.4) is 0 Å². The van der Waals surface area contributed by atoms with E-state index in [1.807, 2.05) is 0 Å². The predicted molar refractivity (Wildman–Crippen MR) is 97.9 cm³/mol. The molecule has 9 heteroatoms. The lowest BCUT2D eigenvalue weighted by Crippen LogP contribution is -2.12. The van der Waals surface area contributed by atoms with Crippen molar-refractivity contribution in [1.82, 2.24) is 4.98 Å². The fourth-order valence-electron chi connectivity index (χ4n) is 2.01. The van der Waals surface area contributed by atoms with Crippen molar-refractivity contribution in [3.05, 3.63) is 64.6 Å². The lowest BCUT2D eigenvalue weighted by atomic mass is 10.3. The third-order valence-electron chi connectivity index (χ3n) is 3.17. The number of carbonyl (C=O) groups excluding carboxylic acids is 1. The third kappa shape index (κ3) is 4.90. The van der Waals surface area contributed by atoms with E-state index in [-0.39, 0.29) is 17.4 Å². The second-order valence-electron chi connectivity index (χ2n) is 5.03. The summed E-state index contributed by atoms with van der Waals surface area (Å²) in [5.74, 6) is -0.287. The van der Waals surface area contributed by atoms with Crippen LogP contribution in [0.25, 0.3) is 0 Å². The van der Waals surface area contributed by atoms with E-state index in [4.69, 9.17) is 11.6 Å². The highest BCUT2D eigenvalue weighted by Crippen LogP contribution is 2.24. The monoisotopic (exact) mass is 395 g/mol. The highest BCUT2D eigenvalue weighted by atomic mass is 35.5. The number of rotatable bonds is 6. The smallest absolute Gasteiger partial charge is 0.387 e. The molecule has 1 amide bonds. The van der Waals surface area contributed by atoms with Crippen molar-refractivity contribution in [2.24, 2.45) is 0 Å². The summed E-state index contributed by atoms with van der Waals surface area (Å²) in [5.41, 5.74) is 1.49. The van der Waals surface area contributed by atoms with Crippen LogP contribution >= 0.6 is 22.9 Å². The van der Waals surface area contributed by atoms with Crippen molar-refractivity contribution >= 4 is 45.4 Å². The van der Waals surface area contributed by atoms with E-state index in [1.165, 1.54) is 23.5 Å². The van der Waals surface area contributed by atoms with Gasteiger partial charge in [0.1, 0.15) is 11.4 Å². The van der Waals surface area contributed by atoms with Gasteiger partial charge in [-0.3, -0.25) is 4.79 Å². The number of nitrogens with zero attached hydrogens (tertiary/aromatic N) is 1. The van der Waals surface area contributed by atoms with E-state index in [0.29, 0.717) is 21.5 Å². The van der Waals surface area contributed by atoms with E-state index in [0.717, 1.165) is 0 Å². The van der Waals surface area contributed by atoms with Crippen LogP contribution in [0, 0.1) is 0 Å². The SMILES string of the molecule is O=C(Nc1ccc(Cl)cc1)c1csc(Nc2ccc(OC(F)F)cc2)n1. The molecule has 0 spiro atoms. The molecule has 0 saturated heterocycles. The van der Waals surface area contributed by atoms with E-state index in [9.17, 15) is 13.6 Å². The van der Waals surface area contributed by atoms with Crippen LogP contribution in [-0.2, 0) is 0 Å². The number of hydrogen-bond acceptors (Lipinski definition) is 5.